The quantitative estimate of drug-likeness (QED) is 0.171. The number of sulfonamides is 1. The first-order valence-corrected chi connectivity index (χ1v) is 16.0. The van der Waals surface area contributed by atoms with Crippen LogP contribution in [0, 0.1) is 0 Å². The van der Waals surface area contributed by atoms with Crippen LogP contribution >= 0.6 is 11.8 Å². The molecule has 0 radical (unpaired) electrons. The van der Waals surface area contributed by atoms with Crippen LogP contribution in [0.25, 0.3) is 5.69 Å². The number of hydrogen-bond acceptors (Lipinski definition) is 11. The minimum Gasteiger partial charge on any atom is -0.495 e. The van der Waals surface area contributed by atoms with Gasteiger partial charge in [0.05, 0.1) is 24.2 Å². The summed E-state index contributed by atoms with van der Waals surface area (Å²) in [7, 11) is -1.15. The third-order valence-electron chi connectivity index (χ3n) is 6.55. The van der Waals surface area contributed by atoms with E-state index in [4.69, 9.17) is 14.5 Å². The number of hydrogen-bond donors (Lipinski definition) is 2. The van der Waals surface area contributed by atoms with Crippen LogP contribution in [-0.2, 0) is 24.3 Å². The second kappa shape index (κ2) is 13.9. The Hall–Kier alpha value is -4.80. The number of aliphatic imine (C=N–C) groups is 1. The molecule has 234 valence electrons. The highest BCUT2D eigenvalue weighted by molar-refractivity contribution is 8.01. The molecule has 3 aromatic carbocycles. The van der Waals surface area contributed by atoms with Gasteiger partial charge in [-0.2, -0.15) is 4.68 Å². The lowest BCUT2D eigenvalue weighted by Gasteiger charge is -2.33. The van der Waals surface area contributed by atoms with Gasteiger partial charge in [0, 0.05) is 32.9 Å². The number of para-hydroxylation sites is 2. The summed E-state index contributed by atoms with van der Waals surface area (Å²) in [5.74, 6) is -0.653. The van der Waals surface area contributed by atoms with Gasteiger partial charge >= 0.3 is 0 Å². The monoisotopic (exact) mass is 650 g/mol. The number of methoxy groups -OCH3 is 2. The van der Waals surface area contributed by atoms with Gasteiger partial charge in [-0.05, 0) is 59.3 Å². The van der Waals surface area contributed by atoms with E-state index in [9.17, 15) is 18.0 Å². The third kappa shape index (κ3) is 6.97. The summed E-state index contributed by atoms with van der Waals surface area (Å²) in [6.07, 6.45) is 0.338. The second-order valence-electron chi connectivity index (χ2n) is 9.65. The van der Waals surface area contributed by atoms with Gasteiger partial charge in [-0.3, -0.25) is 13.9 Å². The van der Waals surface area contributed by atoms with Crippen molar-refractivity contribution in [1.29, 1.82) is 0 Å². The number of tetrazole rings is 1. The number of amidine groups is 1. The van der Waals surface area contributed by atoms with E-state index in [0.29, 0.717) is 23.5 Å². The van der Waals surface area contributed by atoms with E-state index in [-0.39, 0.29) is 46.3 Å². The molecule has 1 atom stereocenters. The minimum atomic E-state index is -4.12. The number of anilines is 2. The zero-order chi connectivity index (χ0) is 32.0. The Kier molecular flexibility index (Phi) is 9.75. The van der Waals surface area contributed by atoms with Crippen molar-refractivity contribution in [3.05, 3.63) is 72.8 Å². The SMILES string of the molecule is COCCCN1C(C(Sc2nnnn2-c2ccccc2)C(=O)Nc2cc(NC(C)=O)ccc2OC)=Nc2ccccc2S1(=O)=O. The van der Waals surface area contributed by atoms with Gasteiger partial charge in [0.1, 0.15) is 16.5 Å². The van der Waals surface area contributed by atoms with Crippen molar-refractivity contribution in [1.82, 2.24) is 24.5 Å². The molecule has 2 N–H and O–H groups in total. The maximum atomic E-state index is 14.3. The molecular weight excluding hydrogens is 621 g/mol. The molecule has 4 aromatic rings. The van der Waals surface area contributed by atoms with Gasteiger partial charge in [-0.25, -0.2) is 13.4 Å². The van der Waals surface area contributed by atoms with Crippen molar-refractivity contribution in [2.24, 2.45) is 4.99 Å². The molecule has 16 heteroatoms. The molecule has 0 bridgehead atoms. The second-order valence-corrected chi connectivity index (χ2v) is 12.6. The number of carbonyl (C=O) groups excluding carboxylic acids is 2. The summed E-state index contributed by atoms with van der Waals surface area (Å²) in [5.41, 5.74) is 1.49. The largest absolute Gasteiger partial charge is 0.495 e. The number of benzene rings is 3. The number of carbonyl (C=O) groups is 2. The average Bonchev–Trinajstić information content (AvgIpc) is 3.49. The minimum absolute atomic E-state index is 0.00134. The normalized spacial score (nSPS) is 14.2. The van der Waals surface area contributed by atoms with Crippen LogP contribution in [0.5, 0.6) is 5.75 Å². The molecule has 2 heterocycles. The van der Waals surface area contributed by atoms with E-state index in [2.05, 4.69) is 26.2 Å². The molecule has 1 aliphatic heterocycles. The van der Waals surface area contributed by atoms with E-state index >= 15 is 0 Å². The van der Waals surface area contributed by atoms with E-state index in [1.807, 2.05) is 18.2 Å². The third-order valence-corrected chi connectivity index (χ3v) is 9.53. The van der Waals surface area contributed by atoms with E-state index in [1.54, 1.807) is 48.5 Å². The average molecular weight is 651 g/mol. The molecule has 0 saturated carbocycles. The van der Waals surface area contributed by atoms with E-state index < -0.39 is 21.2 Å². The predicted molar refractivity (Wildman–Crippen MR) is 169 cm³/mol. The van der Waals surface area contributed by atoms with Gasteiger partial charge in [-0.1, -0.05) is 42.1 Å². The number of aromatic nitrogens is 4. The van der Waals surface area contributed by atoms with Crippen LogP contribution in [0.2, 0.25) is 0 Å². The Labute approximate surface area is 263 Å². The molecule has 1 aromatic heterocycles. The summed E-state index contributed by atoms with van der Waals surface area (Å²) in [6, 6.07) is 20.2. The van der Waals surface area contributed by atoms with Crippen LogP contribution in [0.15, 0.2) is 87.8 Å². The topological polar surface area (TPSA) is 170 Å². The van der Waals surface area contributed by atoms with E-state index in [0.717, 1.165) is 16.1 Å². The Morgan fingerprint density at radius 2 is 1.76 bits per heavy atom. The number of thioether (sulfide) groups is 1. The van der Waals surface area contributed by atoms with E-state index in [1.165, 1.54) is 31.9 Å². The molecule has 1 unspecified atom stereocenters. The van der Waals surface area contributed by atoms with Crippen LogP contribution in [0.1, 0.15) is 13.3 Å². The fourth-order valence-corrected chi connectivity index (χ4v) is 7.24. The molecule has 0 saturated heterocycles. The fraction of sp³-hybridized carbons (Fsp3) is 0.241. The molecule has 1 aliphatic rings. The molecular formula is C29H30N8O6S2. The van der Waals surface area contributed by atoms with Crippen molar-refractivity contribution in [2.45, 2.75) is 28.6 Å². The van der Waals surface area contributed by atoms with Gasteiger partial charge in [0.25, 0.3) is 10.0 Å². The van der Waals surface area contributed by atoms with Gasteiger partial charge < -0.3 is 20.1 Å². The van der Waals surface area contributed by atoms with Gasteiger partial charge in [0.15, 0.2) is 5.25 Å². The highest BCUT2D eigenvalue weighted by atomic mass is 32.2. The van der Waals surface area contributed by atoms with Gasteiger partial charge in [0.2, 0.25) is 17.0 Å². The van der Waals surface area contributed by atoms with Crippen molar-refractivity contribution in [3.63, 3.8) is 0 Å². The summed E-state index contributed by atoms with van der Waals surface area (Å²) in [6.45, 7) is 1.65. The Morgan fingerprint density at radius 3 is 2.49 bits per heavy atom. The molecule has 45 heavy (non-hydrogen) atoms. The standard InChI is InChI=1S/C29H30N8O6S2/c1-19(38)30-20-14-15-24(43-3)23(18-20)32-28(39)26(44-29-33-34-35-37(29)21-10-5-4-6-11-21)27-31-22-12-7-8-13-25(22)45(40,41)36(27)16-9-17-42-2/h4-8,10-15,18,26H,9,16-17H2,1-3H3,(H,30,38)(H,32,39). The summed E-state index contributed by atoms with van der Waals surface area (Å²) in [5, 5.41) is 16.5. The van der Waals surface area contributed by atoms with Crippen LogP contribution < -0.4 is 15.4 Å². The maximum absolute atomic E-state index is 14.3. The Bertz CT molecular complexity index is 1830. The maximum Gasteiger partial charge on any atom is 0.267 e. The van der Waals surface area contributed by atoms with Crippen LogP contribution in [0.3, 0.4) is 0 Å². The van der Waals surface area contributed by atoms with Crippen molar-refractivity contribution in [3.8, 4) is 11.4 Å². The molecule has 0 aliphatic carbocycles. The number of amides is 2. The molecule has 0 spiro atoms. The fourth-order valence-electron chi connectivity index (χ4n) is 4.56. The predicted octanol–water partition coefficient (Wildman–Crippen LogP) is 3.50. The summed E-state index contributed by atoms with van der Waals surface area (Å²) >= 11 is 0.933. The van der Waals surface area contributed by atoms with Crippen LogP contribution in [0.4, 0.5) is 17.1 Å². The smallest absolute Gasteiger partial charge is 0.267 e. The number of ether oxygens (including phenoxy) is 2. The zero-order valence-electron chi connectivity index (χ0n) is 24.6. The first kappa shape index (κ1) is 31.6. The zero-order valence-corrected chi connectivity index (χ0v) is 26.2. The molecule has 5 rings (SSSR count). The first-order chi connectivity index (χ1) is 21.7. The number of rotatable bonds is 12. The van der Waals surface area contributed by atoms with Crippen molar-refractivity contribution >= 4 is 56.5 Å². The lowest BCUT2D eigenvalue weighted by atomic mass is 10.2. The van der Waals surface area contributed by atoms with Gasteiger partial charge in [-0.15, -0.1) is 5.10 Å². The molecule has 14 nitrogen and oxygen atoms in total. The molecule has 0 fully saturated rings. The highest BCUT2D eigenvalue weighted by Crippen LogP contribution is 2.37. The number of nitrogens with zero attached hydrogens (tertiary/aromatic N) is 6. The highest BCUT2D eigenvalue weighted by Gasteiger charge is 2.41. The van der Waals surface area contributed by atoms with Crippen molar-refractivity contribution in [2.75, 3.05) is 38.0 Å². The Morgan fingerprint density at radius 1 is 1.00 bits per heavy atom. The summed E-state index contributed by atoms with van der Waals surface area (Å²) in [4.78, 5) is 30.8. The lowest BCUT2D eigenvalue weighted by molar-refractivity contribution is -0.115. The first-order valence-electron chi connectivity index (χ1n) is 13.7. The number of fused-ring (bicyclic) bond motifs is 1. The molecule has 2 amide bonds. The lowest BCUT2D eigenvalue weighted by Crippen LogP contribution is -2.48. The van der Waals surface area contributed by atoms with Crippen LogP contribution in [-0.4, -0.2) is 83.2 Å². The van der Waals surface area contributed by atoms with Crippen molar-refractivity contribution < 1.29 is 27.5 Å². The Balaban J connectivity index is 1.62. The number of nitrogens with one attached hydrogen (secondary N) is 2. The summed E-state index contributed by atoms with van der Waals surface area (Å²) < 4.78 is 41.2.